The minimum atomic E-state index is -1.17. The Labute approximate surface area is 97.6 Å². The maximum Gasteiger partial charge on any atom is 0.335 e. The summed E-state index contributed by atoms with van der Waals surface area (Å²) in [6, 6.07) is 3.23. The van der Waals surface area contributed by atoms with Gasteiger partial charge in [0.15, 0.2) is 0 Å². The minimum Gasteiger partial charge on any atom is -0.478 e. The predicted octanol–water partition coefficient (Wildman–Crippen LogP) is 1.07. The Morgan fingerprint density at radius 1 is 1.41 bits per heavy atom. The molecule has 3 N–H and O–H groups in total. The summed E-state index contributed by atoms with van der Waals surface area (Å²) in [5.74, 6) is -2.26. The van der Waals surface area contributed by atoms with Crippen LogP contribution in [0.1, 0.15) is 17.3 Å². The average molecular weight is 240 g/mol. The van der Waals surface area contributed by atoms with E-state index in [0.717, 1.165) is 18.2 Å². The molecule has 0 saturated carbocycles. The van der Waals surface area contributed by atoms with Crippen LogP contribution < -0.4 is 10.6 Å². The Morgan fingerprint density at radius 3 is 2.71 bits per heavy atom. The number of hydrogen-bond donors (Lipinski definition) is 3. The zero-order valence-corrected chi connectivity index (χ0v) is 9.29. The van der Waals surface area contributed by atoms with Gasteiger partial charge in [-0.25, -0.2) is 9.18 Å². The topological polar surface area (TPSA) is 78.4 Å². The van der Waals surface area contributed by atoms with Crippen molar-refractivity contribution < 1.29 is 19.1 Å². The molecule has 92 valence electrons. The van der Waals surface area contributed by atoms with Crippen LogP contribution in [0.25, 0.3) is 0 Å². The fourth-order valence-electron chi connectivity index (χ4n) is 1.19. The van der Waals surface area contributed by atoms with Crippen molar-refractivity contribution in [3.05, 3.63) is 29.6 Å². The van der Waals surface area contributed by atoms with Crippen LogP contribution >= 0.6 is 0 Å². The lowest BCUT2D eigenvalue weighted by Gasteiger charge is -2.07. The number of amides is 1. The van der Waals surface area contributed by atoms with Crippen LogP contribution in [0.5, 0.6) is 0 Å². The smallest absolute Gasteiger partial charge is 0.335 e. The molecule has 0 aliphatic carbocycles. The summed E-state index contributed by atoms with van der Waals surface area (Å²) in [6.07, 6.45) is 0. The molecule has 0 bridgehead atoms. The molecule has 1 aromatic rings. The van der Waals surface area contributed by atoms with Gasteiger partial charge >= 0.3 is 5.97 Å². The lowest BCUT2D eigenvalue weighted by molar-refractivity contribution is -0.115. The molecule has 0 radical (unpaired) electrons. The fraction of sp³-hybridized carbons (Fsp3) is 0.273. The number of carbonyl (C=O) groups is 2. The van der Waals surface area contributed by atoms with Gasteiger partial charge in [0.2, 0.25) is 5.91 Å². The maximum atomic E-state index is 13.3. The van der Waals surface area contributed by atoms with Gasteiger partial charge in [-0.3, -0.25) is 4.79 Å². The second kappa shape index (κ2) is 5.95. The van der Waals surface area contributed by atoms with Gasteiger partial charge in [0, 0.05) is 0 Å². The number of anilines is 1. The van der Waals surface area contributed by atoms with Gasteiger partial charge < -0.3 is 15.7 Å². The Bertz CT molecular complexity index is 435. The number of nitrogens with one attached hydrogen (secondary N) is 2. The maximum absolute atomic E-state index is 13.3. The second-order valence-corrected chi connectivity index (χ2v) is 3.33. The van der Waals surface area contributed by atoms with E-state index in [1.807, 2.05) is 6.92 Å². The number of carboxylic acid groups (broad SMARTS) is 1. The van der Waals surface area contributed by atoms with Crippen molar-refractivity contribution in [2.24, 2.45) is 0 Å². The Morgan fingerprint density at radius 2 is 2.12 bits per heavy atom. The first kappa shape index (κ1) is 13.1. The highest BCUT2D eigenvalue weighted by atomic mass is 19.1. The molecule has 0 unspecified atom stereocenters. The standard InChI is InChI=1S/C11H13FN2O3/c1-2-13-6-10(15)14-9-5-7(11(16)17)3-4-8(9)12/h3-5,13H,2,6H2,1H3,(H,14,15)(H,16,17). The Kier molecular flexibility index (Phi) is 4.59. The molecular weight excluding hydrogens is 227 g/mol. The molecule has 1 rings (SSSR count). The highest BCUT2D eigenvalue weighted by molar-refractivity contribution is 5.94. The molecule has 0 fully saturated rings. The summed E-state index contributed by atoms with van der Waals surface area (Å²) in [7, 11) is 0. The molecule has 1 aromatic carbocycles. The van der Waals surface area contributed by atoms with Gasteiger partial charge in [-0.2, -0.15) is 0 Å². The Balaban J connectivity index is 2.79. The summed E-state index contributed by atoms with van der Waals surface area (Å²) in [5, 5.41) is 13.8. The number of rotatable bonds is 5. The monoisotopic (exact) mass is 240 g/mol. The molecule has 0 spiro atoms. The molecule has 17 heavy (non-hydrogen) atoms. The molecule has 0 aromatic heterocycles. The summed E-state index contributed by atoms with van der Waals surface area (Å²) >= 11 is 0. The van der Waals surface area contributed by atoms with Gasteiger partial charge in [-0.05, 0) is 24.7 Å². The number of carboxylic acids is 1. The van der Waals surface area contributed by atoms with Crippen LogP contribution in [0.4, 0.5) is 10.1 Å². The van der Waals surface area contributed by atoms with Crippen LogP contribution in [-0.2, 0) is 4.79 Å². The van der Waals surface area contributed by atoms with Crippen LogP contribution in [-0.4, -0.2) is 30.1 Å². The molecule has 0 aliphatic heterocycles. The summed E-state index contributed by atoms with van der Waals surface area (Å²) in [6.45, 7) is 2.50. The molecule has 6 heteroatoms. The van der Waals surface area contributed by atoms with Crippen LogP contribution in [0.15, 0.2) is 18.2 Å². The summed E-state index contributed by atoms with van der Waals surface area (Å²) < 4.78 is 13.3. The van der Waals surface area contributed by atoms with Crippen molar-refractivity contribution in [2.75, 3.05) is 18.4 Å². The second-order valence-electron chi connectivity index (χ2n) is 3.33. The number of hydrogen-bond acceptors (Lipinski definition) is 3. The highest BCUT2D eigenvalue weighted by Gasteiger charge is 2.10. The molecule has 0 saturated heterocycles. The number of benzene rings is 1. The first-order valence-electron chi connectivity index (χ1n) is 5.08. The first-order chi connectivity index (χ1) is 8.04. The quantitative estimate of drug-likeness (QED) is 0.719. The molecule has 0 heterocycles. The largest absolute Gasteiger partial charge is 0.478 e. The van der Waals surface area contributed by atoms with Crippen molar-refractivity contribution in [2.45, 2.75) is 6.92 Å². The number of aromatic carboxylic acids is 1. The number of carbonyl (C=O) groups excluding carboxylic acids is 1. The third-order valence-electron chi connectivity index (χ3n) is 2.02. The van der Waals surface area contributed by atoms with E-state index in [9.17, 15) is 14.0 Å². The van der Waals surface area contributed by atoms with Crippen molar-refractivity contribution in [1.29, 1.82) is 0 Å². The van der Waals surface area contributed by atoms with Crippen LogP contribution in [0.3, 0.4) is 0 Å². The highest BCUT2D eigenvalue weighted by Crippen LogP contribution is 2.16. The van der Waals surface area contributed by atoms with Crippen LogP contribution in [0.2, 0.25) is 0 Å². The third kappa shape index (κ3) is 3.84. The van der Waals surface area contributed by atoms with Crippen molar-refractivity contribution in [3.8, 4) is 0 Å². The minimum absolute atomic E-state index is 0.0488. The normalized spacial score (nSPS) is 10.0. The SMILES string of the molecule is CCNCC(=O)Nc1cc(C(=O)O)ccc1F. The van der Waals surface area contributed by atoms with E-state index in [1.165, 1.54) is 0 Å². The van der Waals surface area contributed by atoms with Crippen molar-refractivity contribution in [3.63, 3.8) is 0 Å². The Hall–Kier alpha value is -1.95. The molecule has 5 nitrogen and oxygen atoms in total. The summed E-state index contributed by atoms with van der Waals surface area (Å²) in [4.78, 5) is 22.0. The van der Waals surface area contributed by atoms with E-state index in [4.69, 9.17) is 5.11 Å². The molecular formula is C11H13FN2O3. The zero-order chi connectivity index (χ0) is 12.8. The van der Waals surface area contributed by atoms with Gasteiger partial charge in [-0.15, -0.1) is 0 Å². The van der Waals surface area contributed by atoms with Gasteiger partial charge in [-0.1, -0.05) is 6.92 Å². The predicted molar refractivity (Wildman–Crippen MR) is 60.5 cm³/mol. The summed E-state index contributed by atoms with van der Waals surface area (Å²) in [5.41, 5.74) is -0.210. The third-order valence-corrected chi connectivity index (χ3v) is 2.02. The lowest BCUT2D eigenvalue weighted by Crippen LogP contribution is -2.28. The van der Waals surface area contributed by atoms with E-state index in [0.29, 0.717) is 6.54 Å². The van der Waals surface area contributed by atoms with E-state index >= 15 is 0 Å². The van der Waals surface area contributed by atoms with E-state index < -0.39 is 17.7 Å². The fourth-order valence-corrected chi connectivity index (χ4v) is 1.19. The molecule has 0 aliphatic rings. The number of likely N-dealkylation sites (N-methyl/N-ethyl adjacent to an activating group) is 1. The lowest BCUT2D eigenvalue weighted by atomic mass is 10.2. The van der Waals surface area contributed by atoms with Gasteiger partial charge in [0.05, 0.1) is 17.8 Å². The zero-order valence-electron chi connectivity index (χ0n) is 9.29. The van der Waals surface area contributed by atoms with Gasteiger partial charge in [0.25, 0.3) is 0 Å². The van der Waals surface area contributed by atoms with Gasteiger partial charge in [0.1, 0.15) is 5.82 Å². The van der Waals surface area contributed by atoms with E-state index in [1.54, 1.807) is 0 Å². The average Bonchev–Trinajstić information content (AvgIpc) is 2.29. The number of halogens is 1. The van der Waals surface area contributed by atoms with Crippen molar-refractivity contribution in [1.82, 2.24) is 5.32 Å². The molecule has 1 amide bonds. The van der Waals surface area contributed by atoms with E-state index in [-0.39, 0.29) is 17.8 Å². The van der Waals surface area contributed by atoms with Crippen LogP contribution in [0, 0.1) is 5.82 Å². The van der Waals surface area contributed by atoms with E-state index in [2.05, 4.69) is 10.6 Å². The van der Waals surface area contributed by atoms with Crippen molar-refractivity contribution >= 4 is 17.6 Å². The molecule has 0 atom stereocenters. The first-order valence-corrected chi connectivity index (χ1v) is 5.08.